The predicted molar refractivity (Wildman–Crippen MR) is 195 cm³/mol. The summed E-state index contributed by atoms with van der Waals surface area (Å²) >= 11 is 12.8. The standard InChI is InChI=1S/C22H22ClNO4.C15H17BClNO4/c1-27-22(26)17-12-24-19-11-18(23)15(10-16(17)19)13-6-8-14(9-7-13)28-21-5-3-2-4-20(21)25;1-15(2)7-21-16(22-8-15)11-4-9-10(14(19)20-3)6-18-13(9)5-12(11)17/h6-12,20-21,24-25H,2-5H2,1H3;4-6,18H,7-8H2,1-3H3/t20-,21-;/m0./s1. The number of halogens is 2. The number of aromatic amines is 2. The monoisotopic (exact) mass is 720 g/mol. The van der Waals surface area contributed by atoms with Crippen LogP contribution in [-0.4, -0.2) is 73.8 Å². The molecule has 262 valence electrons. The Bertz CT molecular complexity index is 2000. The minimum atomic E-state index is -0.523. The zero-order chi connectivity index (χ0) is 35.6. The molecule has 13 heteroatoms. The van der Waals surface area contributed by atoms with Crippen LogP contribution in [0.1, 0.15) is 60.2 Å². The number of benzene rings is 3. The molecule has 0 spiro atoms. The molecule has 2 atom stereocenters. The molecular formula is C37H39BCl2N2O8. The van der Waals surface area contributed by atoms with Crippen molar-refractivity contribution in [3.8, 4) is 16.9 Å². The van der Waals surface area contributed by atoms with Crippen LogP contribution in [0.3, 0.4) is 0 Å². The SMILES string of the molecule is COC(=O)c1c[nH]c2cc(Cl)c(-c3ccc(O[C@H]4CCCC[C@@H]4O)cc3)cc12.COC(=O)c1c[nH]c2cc(Cl)c(B3OCC(C)(C)CO3)cc12. The van der Waals surface area contributed by atoms with Gasteiger partial charge in [-0.15, -0.1) is 0 Å². The number of carbonyl (C=O) groups is 2. The number of nitrogens with one attached hydrogen (secondary N) is 2. The largest absolute Gasteiger partial charge is 0.495 e. The Morgan fingerprint density at radius 3 is 1.98 bits per heavy atom. The maximum Gasteiger partial charge on any atom is 0.495 e. The normalized spacial score (nSPS) is 18.7. The van der Waals surface area contributed by atoms with Crippen molar-refractivity contribution in [2.24, 2.45) is 5.41 Å². The summed E-state index contributed by atoms with van der Waals surface area (Å²) in [6, 6.07) is 14.9. The van der Waals surface area contributed by atoms with Crippen LogP contribution >= 0.6 is 23.2 Å². The number of methoxy groups -OCH3 is 2. The lowest BCUT2D eigenvalue weighted by molar-refractivity contribution is 0.00688. The molecule has 1 saturated heterocycles. The van der Waals surface area contributed by atoms with Gasteiger partial charge in [0.05, 0.1) is 36.5 Å². The first-order valence-corrected chi connectivity index (χ1v) is 17.2. The van der Waals surface area contributed by atoms with Gasteiger partial charge in [-0.05, 0) is 55.2 Å². The number of hydrogen-bond donors (Lipinski definition) is 3. The third kappa shape index (κ3) is 7.67. The second kappa shape index (κ2) is 15.1. The molecule has 2 aromatic heterocycles. The van der Waals surface area contributed by atoms with Gasteiger partial charge in [-0.3, -0.25) is 0 Å². The maximum absolute atomic E-state index is 12.0. The van der Waals surface area contributed by atoms with Crippen LogP contribution in [0, 0.1) is 5.41 Å². The highest BCUT2D eigenvalue weighted by Gasteiger charge is 2.35. The van der Waals surface area contributed by atoms with Gasteiger partial charge in [-0.1, -0.05) is 61.7 Å². The Balaban J connectivity index is 0.000000178. The van der Waals surface area contributed by atoms with Gasteiger partial charge >= 0.3 is 19.1 Å². The molecule has 10 nitrogen and oxygen atoms in total. The Morgan fingerprint density at radius 2 is 1.40 bits per heavy atom. The molecule has 50 heavy (non-hydrogen) atoms. The number of H-pyrrole nitrogens is 2. The molecule has 0 radical (unpaired) electrons. The van der Waals surface area contributed by atoms with Gasteiger partial charge in [-0.25, -0.2) is 9.59 Å². The van der Waals surface area contributed by atoms with Crippen LogP contribution in [0.4, 0.5) is 0 Å². The van der Waals surface area contributed by atoms with Crippen molar-refractivity contribution in [2.45, 2.75) is 51.7 Å². The number of aliphatic hydroxyl groups excluding tert-OH is 1. The fourth-order valence-corrected chi connectivity index (χ4v) is 6.76. The topological polar surface area (TPSA) is 132 Å². The molecule has 3 N–H and O–H groups in total. The fourth-order valence-electron chi connectivity index (χ4n) is 6.24. The third-order valence-electron chi connectivity index (χ3n) is 9.00. The van der Waals surface area contributed by atoms with Crippen molar-refractivity contribution in [2.75, 3.05) is 27.4 Å². The lowest BCUT2D eigenvalue weighted by Crippen LogP contribution is -2.47. The number of fused-ring (bicyclic) bond motifs is 2. The van der Waals surface area contributed by atoms with Crippen molar-refractivity contribution in [3.05, 3.63) is 82.1 Å². The number of esters is 2. The Morgan fingerprint density at radius 1 is 0.840 bits per heavy atom. The number of hydrogen-bond acceptors (Lipinski definition) is 8. The lowest BCUT2D eigenvalue weighted by Gasteiger charge is -2.33. The maximum atomic E-state index is 12.0. The van der Waals surface area contributed by atoms with Crippen LogP contribution in [0.25, 0.3) is 32.9 Å². The molecule has 3 heterocycles. The minimum Gasteiger partial charge on any atom is -0.488 e. The molecule has 2 aliphatic rings. The van der Waals surface area contributed by atoms with Gasteiger partial charge in [0.25, 0.3) is 0 Å². The van der Waals surface area contributed by atoms with Crippen molar-refractivity contribution in [1.82, 2.24) is 9.97 Å². The Hall–Kier alpha value is -4.00. The molecule has 3 aromatic carbocycles. The van der Waals surface area contributed by atoms with E-state index in [-0.39, 0.29) is 11.5 Å². The smallest absolute Gasteiger partial charge is 0.488 e. The van der Waals surface area contributed by atoms with E-state index in [1.54, 1.807) is 18.5 Å². The fraction of sp³-hybridized carbons (Fsp3) is 0.351. The van der Waals surface area contributed by atoms with Crippen molar-refractivity contribution in [1.29, 1.82) is 0 Å². The molecule has 0 bridgehead atoms. The number of rotatable bonds is 6. The highest BCUT2D eigenvalue weighted by atomic mass is 35.5. The van der Waals surface area contributed by atoms with Crippen LogP contribution in [0.15, 0.2) is 60.9 Å². The molecule has 1 aliphatic carbocycles. The molecular weight excluding hydrogens is 682 g/mol. The summed E-state index contributed by atoms with van der Waals surface area (Å²) in [7, 11) is 2.19. The van der Waals surface area contributed by atoms with Gasteiger partial charge in [0, 0.05) is 68.9 Å². The molecule has 2 fully saturated rings. The van der Waals surface area contributed by atoms with Gasteiger partial charge in [0.2, 0.25) is 0 Å². The van der Waals surface area contributed by atoms with Gasteiger partial charge in [0.15, 0.2) is 0 Å². The van der Waals surface area contributed by atoms with Gasteiger partial charge in [-0.2, -0.15) is 0 Å². The van der Waals surface area contributed by atoms with Crippen molar-refractivity contribution < 1.29 is 38.2 Å². The molecule has 0 amide bonds. The highest BCUT2D eigenvalue weighted by molar-refractivity contribution is 6.65. The van der Waals surface area contributed by atoms with Gasteiger partial charge < -0.3 is 38.6 Å². The molecule has 1 aliphatic heterocycles. The van der Waals surface area contributed by atoms with E-state index in [4.69, 9.17) is 46.7 Å². The summed E-state index contributed by atoms with van der Waals surface area (Å²) in [6.45, 7) is 5.33. The quantitative estimate of drug-likeness (QED) is 0.123. The van der Waals surface area contributed by atoms with Crippen LogP contribution < -0.4 is 10.2 Å². The molecule has 5 aromatic rings. The van der Waals surface area contributed by atoms with Crippen LogP contribution in [-0.2, 0) is 18.8 Å². The first-order chi connectivity index (χ1) is 24.0. The third-order valence-corrected chi connectivity index (χ3v) is 9.64. The molecule has 7 rings (SSSR count). The summed E-state index contributed by atoms with van der Waals surface area (Å²) in [6.07, 6.45) is 6.47. The van der Waals surface area contributed by atoms with E-state index in [2.05, 4.69) is 23.8 Å². The van der Waals surface area contributed by atoms with Crippen molar-refractivity contribution >= 4 is 69.5 Å². The zero-order valence-corrected chi connectivity index (χ0v) is 29.8. The molecule has 0 unspecified atom stereocenters. The second-order valence-corrected chi connectivity index (χ2v) is 14.1. The number of aliphatic hydroxyl groups is 1. The molecule has 1 saturated carbocycles. The van der Waals surface area contributed by atoms with Crippen molar-refractivity contribution in [3.63, 3.8) is 0 Å². The van der Waals surface area contributed by atoms with E-state index in [1.807, 2.05) is 42.5 Å². The zero-order valence-electron chi connectivity index (χ0n) is 28.3. The summed E-state index contributed by atoms with van der Waals surface area (Å²) in [5, 5.41) is 12.7. The van der Waals surface area contributed by atoms with E-state index in [9.17, 15) is 14.7 Å². The first kappa shape index (κ1) is 35.8. The number of aromatic nitrogens is 2. The second-order valence-electron chi connectivity index (χ2n) is 13.3. The summed E-state index contributed by atoms with van der Waals surface area (Å²) in [5.41, 5.74) is 4.93. The van der Waals surface area contributed by atoms with E-state index in [1.165, 1.54) is 14.2 Å². The summed E-state index contributed by atoms with van der Waals surface area (Å²) < 4.78 is 27.2. The lowest BCUT2D eigenvalue weighted by atomic mass is 9.75. The van der Waals surface area contributed by atoms with E-state index >= 15 is 0 Å². The Labute approximate surface area is 300 Å². The Kier molecular flexibility index (Phi) is 10.8. The average molecular weight is 721 g/mol. The van der Waals surface area contributed by atoms with E-state index < -0.39 is 25.2 Å². The van der Waals surface area contributed by atoms with Crippen LogP contribution in [0.2, 0.25) is 10.0 Å². The van der Waals surface area contributed by atoms with E-state index in [0.717, 1.165) is 69.8 Å². The minimum absolute atomic E-state index is 0.0155. The van der Waals surface area contributed by atoms with Crippen LogP contribution in [0.5, 0.6) is 5.75 Å². The summed E-state index contributed by atoms with van der Waals surface area (Å²) in [4.78, 5) is 29.9. The number of ether oxygens (including phenoxy) is 3. The summed E-state index contributed by atoms with van der Waals surface area (Å²) in [5.74, 6) is -0.0655. The highest BCUT2D eigenvalue weighted by Crippen LogP contribution is 2.35. The average Bonchev–Trinajstić information content (AvgIpc) is 3.72. The number of carbonyl (C=O) groups excluding carboxylic acids is 2. The predicted octanol–water partition coefficient (Wildman–Crippen LogP) is 7.33. The van der Waals surface area contributed by atoms with E-state index in [0.29, 0.717) is 34.4 Å². The first-order valence-electron chi connectivity index (χ1n) is 16.4. The van der Waals surface area contributed by atoms with Gasteiger partial charge in [0.1, 0.15) is 11.9 Å².